The maximum absolute atomic E-state index is 10.7. The third-order valence-corrected chi connectivity index (χ3v) is 3.77. The second kappa shape index (κ2) is 6.43. The van der Waals surface area contributed by atoms with Crippen molar-refractivity contribution in [3.63, 3.8) is 0 Å². The third-order valence-electron chi connectivity index (χ3n) is 2.56. The molecular formula is C13H8BrCl2NO3. The second-order valence-electron chi connectivity index (χ2n) is 3.82. The number of nitrogens with zero attached hydrogens (tertiary/aromatic N) is 1. The van der Waals surface area contributed by atoms with Gasteiger partial charge < -0.3 is 4.74 Å². The lowest BCUT2D eigenvalue weighted by Gasteiger charge is -2.11. The van der Waals surface area contributed by atoms with Gasteiger partial charge in [-0.1, -0.05) is 45.2 Å². The van der Waals surface area contributed by atoms with E-state index in [0.717, 1.165) is 5.56 Å². The highest BCUT2D eigenvalue weighted by molar-refractivity contribution is 9.08. The predicted octanol–water partition coefficient (Wildman–Crippen LogP) is 5.59. The van der Waals surface area contributed by atoms with Gasteiger partial charge in [0.1, 0.15) is 11.5 Å². The largest absolute Gasteiger partial charge is 0.455 e. The fourth-order valence-corrected chi connectivity index (χ4v) is 2.75. The van der Waals surface area contributed by atoms with Gasteiger partial charge in [-0.15, -0.1) is 0 Å². The Hall–Kier alpha value is -1.30. The van der Waals surface area contributed by atoms with Crippen LogP contribution in [0, 0.1) is 10.1 Å². The minimum atomic E-state index is -0.515. The Morgan fingerprint density at radius 1 is 1.15 bits per heavy atom. The van der Waals surface area contributed by atoms with E-state index in [1.807, 2.05) is 0 Å². The van der Waals surface area contributed by atoms with E-state index < -0.39 is 4.92 Å². The van der Waals surface area contributed by atoms with Gasteiger partial charge in [0.2, 0.25) is 0 Å². The molecule has 0 spiro atoms. The summed E-state index contributed by atoms with van der Waals surface area (Å²) < 4.78 is 5.68. The van der Waals surface area contributed by atoms with Gasteiger partial charge in [-0.2, -0.15) is 0 Å². The van der Waals surface area contributed by atoms with Crippen LogP contribution in [-0.2, 0) is 5.33 Å². The Morgan fingerprint density at radius 2 is 1.90 bits per heavy atom. The van der Waals surface area contributed by atoms with E-state index in [0.29, 0.717) is 21.9 Å². The van der Waals surface area contributed by atoms with Crippen LogP contribution in [0.25, 0.3) is 0 Å². The topological polar surface area (TPSA) is 52.4 Å². The highest BCUT2D eigenvalue weighted by atomic mass is 79.9. The Balaban J connectivity index is 2.36. The molecule has 7 heteroatoms. The van der Waals surface area contributed by atoms with Crippen molar-refractivity contribution in [1.82, 2.24) is 0 Å². The summed E-state index contributed by atoms with van der Waals surface area (Å²) in [6, 6.07) is 9.29. The molecule has 0 saturated carbocycles. The van der Waals surface area contributed by atoms with Crippen LogP contribution in [0.5, 0.6) is 11.5 Å². The Bertz CT molecular complexity index is 664. The maximum Gasteiger partial charge on any atom is 0.271 e. The number of nitro benzene ring substituents is 1. The molecule has 20 heavy (non-hydrogen) atoms. The number of hydrogen-bond donors (Lipinski definition) is 0. The summed E-state index contributed by atoms with van der Waals surface area (Å²) in [6.45, 7) is 0. The van der Waals surface area contributed by atoms with Crippen LogP contribution < -0.4 is 4.74 Å². The number of ether oxygens (including phenoxy) is 1. The highest BCUT2D eigenvalue weighted by Crippen LogP contribution is 2.36. The first-order valence-electron chi connectivity index (χ1n) is 5.48. The Labute approximate surface area is 133 Å². The van der Waals surface area contributed by atoms with Crippen molar-refractivity contribution in [3.8, 4) is 11.5 Å². The van der Waals surface area contributed by atoms with Crippen LogP contribution in [-0.4, -0.2) is 4.92 Å². The molecule has 0 N–H and O–H groups in total. The molecule has 0 aromatic heterocycles. The number of nitro groups is 1. The van der Waals surface area contributed by atoms with E-state index in [4.69, 9.17) is 27.9 Å². The van der Waals surface area contributed by atoms with E-state index in [-0.39, 0.29) is 10.7 Å². The van der Waals surface area contributed by atoms with Crippen LogP contribution in [0.15, 0.2) is 36.4 Å². The minimum Gasteiger partial charge on any atom is -0.455 e. The SMILES string of the molecule is O=[N+]([O-])c1ccc(Oc2cccc(Cl)c2CBr)c(Cl)c1. The summed E-state index contributed by atoms with van der Waals surface area (Å²) in [5, 5.41) is 11.9. The normalized spacial score (nSPS) is 10.3. The first kappa shape index (κ1) is 15.1. The number of alkyl halides is 1. The van der Waals surface area contributed by atoms with E-state index >= 15 is 0 Å². The van der Waals surface area contributed by atoms with Gasteiger partial charge in [0.15, 0.2) is 0 Å². The van der Waals surface area contributed by atoms with Crippen molar-refractivity contribution >= 4 is 44.8 Å². The zero-order valence-corrected chi connectivity index (χ0v) is 13.1. The lowest BCUT2D eigenvalue weighted by Crippen LogP contribution is -1.93. The highest BCUT2D eigenvalue weighted by Gasteiger charge is 2.13. The number of non-ortho nitro benzene ring substituents is 1. The van der Waals surface area contributed by atoms with Crippen LogP contribution >= 0.6 is 39.1 Å². The second-order valence-corrected chi connectivity index (χ2v) is 5.20. The van der Waals surface area contributed by atoms with Crippen molar-refractivity contribution in [2.45, 2.75) is 5.33 Å². The Morgan fingerprint density at radius 3 is 2.50 bits per heavy atom. The first-order valence-corrected chi connectivity index (χ1v) is 7.36. The molecule has 0 heterocycles. The van der Waals surface area contributed by atoms with Crippen LogP contribution in [0.2, 0.25) is 10.0 Å². The smallest absolute Gasteiger partial charge is 0.271 e. The third kappa shape index (κ3) is 3.23. The quantitative estimate of drug-likeness (QED) is 0.397. The van der Waals surface area contributed by atoms with Gasteiger partial charge in [-0.25, -0.2) is 0 Å². The standard InChI is InChI=1S/C13H8BrCl2NO3/c14-7-9-10(15)2-1-3-12(9)20-13-5-4-8(17(18)19)6-11(13)16/h1-6H,7H2. The molecule has 0 fully saturated rings. The summed E-state index contributed by atoms with van der Waals surface area (Å²) >= 11 is 15.4. The molecule has 0 aliphatic heterocycles. The van der Waals surface area contributed by atoms with Gasteiger partial charge in [0.25, 0.3) is 5.69 Å². The molecule has 4 nitrogen and oxygen atoms in total. The summed E-state index contributed by atoms with van der Waals surface area (Å²) in [7, 11) is 0. The van der Waals surface area contributed by atoms with Crippen LogP contribution in [0.1, 0.15) is 5.56 Å². The summed E-state index contributed by atoms with van der Waals surface area (Å²) in [5.74, 6) is 0.881. The molecule has 0 atom stereocenters. The average Bonchev–Trinajstić information content (AvgIpc) is 2.41. The fourth-order valence-electron chi connectivity index (χ4n) is 1.57. The molecule has 0 radical (unpaired) electrons. The molecule has 0 amide bonds. The van der Waals surface area contributed by atoms with E-state index in [9.17, 15) is 10.1 Å². The monoisotopic (exact) mass is 375 g/mol. The summed E-state index contributed by atoms with van der Waals surface area (Å²) in [6.07, 6.45) is 0. The van der Waals surface area contributed by atoms with Gasteiger partial charge in [0, 0.05) is 28.0 Å². The first-order chi connectivity index (χ1) is 9.52. The fraction of sp³-hybridized carbons (Fsp3) is 0.0769. The van der Waals surface area contributed by atoms with Gasteiger partial charge >= 0.3 is 0 Å². The molecule has 2 aromatic rings. The van der Waals surface area contributed by atoms with Crippen molar-refractivity contribution in [1.29, 1.82) is 0 Å². The Kier molecular flexibility index (Phi) is 4.86. The molecule has 0 unspecified atom stereocenters. The summed E-state index contributed by atoms with van der Waals surface area (Å²) in [4.78, 5) is 10.1. The molecule has 0 bridgehead atoms. The number of benzene rings is 2. The molecule has 0 saturated heterocycles. The van der Waals surface area contributed by atoms with Crippen molar-refractivity contribution in [2.24, 2.45) is 0 Å². The zero-order valence-electron chi connectivity index (χ0n) is 9.98. The lowest BCUT2D eigenvalue weighted by molar-refractivity contribution is -0.384. The van der Waals surface area contributed by atoms with Gasteiger partial charge in [-0.3, -0.25) is 10.1 Å². The molecular weight excluding hydrogens is 369 g/mol. The van der Waals surface area contributed by atoms with Gasteiger partial charge in [-0.05, 0) is 18.2 Å². The number of hydrogen-bond acceptors (Lipinski definition) is 3. The molecule has 0 aliphatic carbocycles. The van der Waals surface area contributed by atoms with Crippen molar-refractivity contribution in [2.75, 3.05) is 0 Å². The van der Waals surface area contributed by atoms with E-state index in [1.54, 1.807) is 18.2 Å². The maximum atomic E-state index is 10.7. The number of rotatable bonds is 4. The zero-order chi connectivity index (χ0) is 14.7. The molecule has 2 aromatic carbocycles. The van der Waals surface area contributed by atoms with E-state index in [2.05, 4.69) is 15.9 Å². The lowest BCUT2D eigenvalue weighted by atomic mass is 10.2. The average molecular weight is 377 g/mol. The van der Waals surface area contributed by atoms with E-state index in [1.165, 1.54) is 18.2 Å². The molecule has 2 rings (SSSR count). The van der Waals surface area contributed by atoms with Crippen molar-refractivity contribution < 1.29 is 9.66 Å². The van der Waals surface area contributed by atoms with Crippen LogP contribution in [0.4, 0.5) is 5.69 Å². The van der Waals surface area contributed by atoms with Gasteiger partial charge in [0.05, 0.1) is 9.95 Å². The summed E-state index contributed by atoms with van der Waals surface area (Å²) in [5.41, 5.74) is 0.692. The molecule has 0 aliphatic rings. The minimum absolute atomic E-state index is 0.0887. The number of halogens is 3. The molecule has 104 valence electrons. The predicted molar refractivity (Wildman–Crippen MR) is 82.3 cm³/mol. The van der Waals surface area contributed by atoms with Crippen molar-refractivity contribution in [3.05, 3.63) is 62.1 Å². The van der Waals surface area contributed by atoms with Crippen LogP contribution in [0.3, 0.4) is 0 Å².